The van der Waals surface area contributed by atoms with E-state index >= 15 is 0 Å². The third-order valence-corrected chi connectivity index (χ3v) is 6.34. The summed E-state index contributed by atoms with van der Waals surface area (Å²) in [6.07, 6.45) is 1.12. The van der Waals surface area contributed by atoms with Gasteiger partial charge in [0.25, 0.3) is 0 Å². The van der Waals surface area contributed by atoms with Gasteiger partial charge in [-0.1, -0.05) is 13.8 Å². The van der Waals surface area contributed by atoms with Crippen molar-refractivity contribution in [1.82, 2.24) is 10.2 Å². The van der Waals surface area contributed by atoms with Crippen LogP contribution in [0.5, 0.6) is 0 Å². The van der Waals surface area contributed by atoms with Gasteiger partial charge >= 0.3 is 0 Å². The van der Waals surface area contributed by atoms with E-state index in [0.29, 0.717) is 0 Å². The molecule has 0 aromatic rings. The van der Waals surface area contributed by atoms with Crippen molar-refractivity contribution in [1.29, 1.82) is 0 Å². The fourth-order valence-corrected chi connectivity index (χ4v) is 5.03. The highest BCUT2D eigenvalue weighted by Crippen LogP contribution is 2.20. The lowest BCUT2D eigenvalue weighted by Crippen LogP contribution is -2.49. The summed E-state index contributed by atoms with van der Waals surface area (Å²) < 4.78 is 24.0. The van der Waals surface area contributed by atoms with Crippen LogP contribution in [-0.4, -0.2) is 62.1 Å². The molecule has 0 aromatic carbocycles. The maximum absolute atomic E-state index is 12.0. The Labute approximate surface area is 109 Å². The molecule has 1 fully saturated rings. The topological polar surface area (TPSA) is 49.4 Å². The van der Waals surface area contributed by atoms with Crippen LogP contribution < -0.4 is 5.32 Å². The van der Waals surface area contributed by atoms with Crippen LogP contribution in [0.2, 0.25) is 0 Å². The Morgan fingerprint density at radius 3 is 2.76 bits per heavy atom. The Bertz CT molecular complexity index is 307. The first-order chi connectivity index (χ1) is 8.11. The molecule has 1 atom stereocenters. The summed E-state index contributed by atoms with van der Waals surface area (Å²) in [5.41, 5.74) is 0. The molecule has 4 nitrogen and oxygen atoms in total. The average molecular weight is 280 g/mol. The van der Waals surface area contributed by atoms with Crippen LogP contribution in [0.4, 0.5) is 0 Å². The number of rotatable bonds is 7. The Morgan fingerprint density at radius 2 is 2.12 bits per heavy atom. The van der Waals surface area contributed by atoms with E-state index in [0.717, 1.165) is 44.1 Å². The average Bonchev–Trinajstić information content (AvgIpc) is 2.35. The molecule has 0 spiro atoms. The molecule has 6 heteroatoms. The molecule has 1 N–H and O–H groups in total. The SMILES string of the molecule is CCCNCCN1CCSCC1S(=O)(=O)CC. The van der Waals surface area contributed by atoms with Gasteiger partial charge in [-0.15, -0.1) is 0 Å². The normalized spacial score (nSPS) is 22.8. The molecule has 102 valence electrons. The minimum Gasteiger partial charge on any atom is -0.315 e. The molecule has 0 bridgehead atoms. The fraction of sp³-hybridized carbons (Fsp3) is 1.00. The summed E-state index contributed by atoms with van der Waals surface area (Å²) in [5.74, 6) is 2.02. The van der Waals surface area contributed by atoms with Crippen LogP contribution in [0.3, 0.4) is 0 Å². The second-order valence-corrected chi connectivity index (χ2v) is 7.86. The van der Waals surface area contributed by atoms with Crippen molar-refractivity contribution >= 4 is 21.6 Å². The Morgan fingerprint density at radius 1 is 1.35 bits per heavy atom. The van der Waals surface area contributed by atoms with E-state index in [1.54, 1.807) is 18.7 Å². The number of nitrogens with zero attached hydrogens (tertiary/aromatic N) is 1. The molecule has 0 saturated carbocycles. The van der Waals surface area contributed by atoms with E-state index in [4.69, 9.17) is 0 Å². The smallest absolute Gasteiger partial charge is 0.166 e. The summed E-state index contributed by atoms with van der Waals surface area (Å²) in [6, 6.07) is 0. The van der Waals surface area contributed by atoms with E-state index in [2.05, 4.69) is 17.1 Å². The van der Waals surface area contributed by atoms with E-state index in [1.165, 1.54) is 0 Å². The molecule has 0 aliphatic carbocycles. The highest BCUT2D eigenvalue weighted by molar-refractivity contribution is 8.01. The molecule has 0 aromatic heterocycles. The first kappa shape index (κ1) is 15.3. The van der Waals surface area contributed by atoms with Gasteiger partial charge in [0.1, 0.15) is 5.37 Å². The van der Waals surface area contributed by atoms with Crippen LogP contribution in [0.1, 0.15) is 20.3 Å². The van der Waals surface area contributed by atoms with Gasteiger partial charge < -0.3 is 5.32 Å². The van der Waals surface area contributed by atoms with Gasteiger partial charge in [-0.05, 0) is 13.0 Å². The van der Waals surface area contributed by atoms with Gasteiger partial charge in [0.05, 0.1) is 0 Å². The van der Waals surface area contributed by atoms with Crippen molar-refractivity contribution in [2.75, 3.05) is 43.4 Å². The first-order valence-electron chi connectivity index (χ1n) is 6.36. The summed E-state index contributed by atoms with van der Waals surface area (Å²) >= 11 is 1.75. The Balaban J connectivity index is 2.49. The van der Waals surface area contributed by atoms with Gasteiger partial charge in [0, 0.05) is 36.9 Å². The Kier molecular flexibility index (Phi) is 6.84. The predicted octanol–water partition coefficient (Wildman–Crippen LogP) is 0.796. The maximum atomic E-state index is 12.0. The number of sulfone groups is 1. The zero-order valence-corrected chi connectivity index (χ0v) is 12.4. The second-order valence-electron chi connectivity index (χ2n) is 4.27. The van der Waals surface area contributed by atoms with Crippen molar-refractivity contribution in [3.05, 3.63) is 0 Å². The number of thioether (sulfide) groups is 1. The van der Waals surface area contributed by atoms with Gasteiger partial charge in [0.15, 0.2) is 9.84 Å². The molecular formula is C11H24N2O2S2. The fourth-order valence-electron chi connectivity index (χ4n) is 1.92. The van der Waals surface area contributed by atoms with E-state index in [1.807, 2.05) is 0 Å². The quantitative estimate of drug-likeness (QED) is 0.699. The zero-order chi connectivity index (χ0) is 12.7. The maximum Gasteiger partial charge on any atom is 0.166 e. The minimum absolute atomic E-state index is 0.247. The predicted molar refractivity (Wildman–Crippen MR) is 75.3 cm³/mol. The summed E-state index contributed by atoms with van der Waals surface area (Å²) in [5, 5.41) is 3.06. The van der Waals surface area contributed by atoms with E-state index in [9.17, 15) is 8.42 Å². The second kappa shape index (κ2) is 7.61. The van der Waals surface area contributed by atoms with Gasteiger partial charge in [-0.3, -0.25) is 4.90 Å². The molecule has 17 heavy (non-hydrogen) atoms. The van der Waals surface area contributed by atoms with Crippen molar-refractivity contribution in [3.8, 4) is 0 Å². The van der Waals surface area contributed by atoms with Crippen molar-refractivity contribution in [2.45, 2.75) is 25.6 Å². The number of hydrogen-bond donors (Lipinski definition) is 1. The summed E-state index contributed by atoms with van der Waals surface area (Å²) in [4.78, 5) is 2.12. The van der Waals surface area contributed by atoms with E-state index in [-0.39, 0.29) is 11.1 Å². The third-order valence-electron chi connectivity index (χ3n) is 3.01. The highest BCUT2D eigenvalue weighted by Gasteiger charge is 2.32. The van der Waals surface area contributed by atoms with Crippen LogP contribution in [0, 0.1) is 0 Å². The van der Waals surface area contributed by atoms with Crippen LogP contribution in [0.25, 0.3) is 0 Å². The lowest BCUT2D eigenvalue weighted by atomic mass is 10.4. The molecule has 1 aliphatic rings. The van der Waals surface area contributed by atoms with Crippen LogP contribution in [-0.2, 0) is 9.84 Å². The van der Waals surface area contributed by atoms with Gasteiger partial charge in [-0.2, -0.15) is 11.8 Å². The van der Waals surface area contributed by atoms with Gasteiger partial charge in [-0.25, -0.2) is 8.42 Å². The standard InChI is InChI=1S/C11H24N2O2S2/c1-3-5-12-6-7-13-8-9-16-10-11(13)17(14,15)4-2/h11-12H,3-10H2,1-2H3. The molecule has 1 unspecified atom stereocenters. The van der Waals surface area contributed by atoms with Crippen LogP contribution in [0.15, 0.2) is 0 Å². The van der Waals surface area contributed by atoms with E-state index < -0.39 is 9.84 Å². The van der Waals surface area contributed by atoms with Crippen LogP contribution >= 0.6 is 11.8 Å². The molecule has 0 amide bonds. The molecule has 0 radical (unpaired) electrons. The monoisotopic (exact) mass is 280 g/mol. The number of nitrogens with one attached hydrogen (secondary N) is 1. The van der Waals surface area contributed by atoms with Crippen molar-refractivity contribution < 1.29 is 8.42 Å². The molecule has 1 heterocycles. The van der Waals surface area contributed by atoms with Crippen molar-refractivity contribution in [3.63, 3.8) is 0 Å². The molecule has 1 aliphatic heterocycles. The molecular weight excluding hydrogens is 256 g/mol. The Hall–Kier alpha value is 0.220. The minimum atomic E-state index is -2.94. The molecule has 1 saturated heterocycles. The largest absolute Gasteiger partial charge is 0.315 e. The highest BCUT2D eigenvalue weighted by atomic mass is 32.2. The summed E-state index contributed by atoms with van der Waals surface area (Å²) in [6.45, 7) is 7.49. The van der Waals surface area contributed by atoms with Crippen molar-refractivity contribution in [2.24, 2.45) is 0 Å². The lowest BCUT2D eigenvalue weighted by molar-refractivity contribution is 0.269. The lowest BCUT2D eigenvalue weighted by Gasteiger charge is -2.34. The summed E-state index contributed by atoms with van der Waals surface area (Å²) in [7, 11) is -2.94. The molecule has 1 rings (SSSR count). The zero-order valence-electron chi connectivity index (χ0n) is 10.8. The first-order valence-corrected chi connectivity index (χ1v) is 9.23. The third kappa shape index (κ3) is 4.77. The number of hydrogen-bond acceptors (Lipinski definition) is 5. The van der Waals surface area contributed by atoms with Gasteiger partial charge in [0.2, 0.25) is 0 Å².